The Kier molecular flexibility index (Phi) is 8.14. The SMILES string of the molecule is COCCN(c1nccc(Nc2cc(C3CC3)[nH]n2)n1)C1CCC(NC(=O)CC2Cc3ccc(C#N)cc3C2)CC1. The van der Waals surface area contributed by atoms with Crippen molar-refractivity contribution in [2.45, 2.75) is 75.8 Å². The van der Waals surface area contributed by atoms with E-state index < -0.39 is 0 Å². The molecular weight excluding hydrogens is 516 g/mol. The number of amides is 1. The number of hydrogen-bond donors (Lipinski definition) is 3. The molecule has 214 valence electrons. The number of fused-ring (bicyclic) bond motifs is 1. The van der Waals surface area contributed by atoms with E-state index in [-0.39, 0.29) is 18.0 Å². The molecule has 0 aliphatic heterocycles. The number of hydrogen-bond acceptors (Lipinski definition) is 8. The summed E-state index contributed by atoms with van der Waals surface area (Å²) in [6.45, 7) is 1.28. The van der Waals surface area contributed by atoms with Crippen LogP contribution in [0.4, 0.5) is 17.6 Å². The number of carbonyl (C=O) groups excluding carboxylic acids is 1. The number of H-pyrrole nitrogens is 1. The second-order valence-electron chi connectivity index (χ2n) is 11.7. The van der Waals surface area contributed by atoms with Crippen LogP contribution in [0.2, 0.25) is 0 Å². The van der Waals surface area contributed by atoms with Crippen molar-refractivity contribution in [2.75, 3.05) is 30.5 Å². The molecule has 3 aliphatic rings. The largest absolute Gasteiger partial charge is 0.383 e. The standard InChI is InChI=1S/C31H38N8O2/c1-41-13-12-39(31-33-11-10-28(36-31)35-29-18-27(37-38-29)22-4-5-22)26-8-6-25(7-9-26)34-30(40)17-21-15-23-3-2-20(19-32)14-24(23)16-21/h2-3,10-11,14,18,21-22,25-26H,4-9,12-13,15-17H2,1H3,(H,34,40)(H2,33,35,36,37,38). The summed E-state index contributed by atoms with van der Waals surface area (Å²) in [4.78, 5) is 24.6. The molecule has 3 aromatic rings. The quantitative estimate of drug-likeness (QED) is 0.318. The van der Waals surface area contributed by atoms with Crippen LogP contribution in [-0.4, -0.2) is 58.4 Å². The molecule has 2 saturated carbocycles. The third-order valence-electron chi connectivity index (χ3n) is 8.64. The van der Waals surface area contributed by atoms with Crippen LogP contribution in [0.3, 0.4) is 0 Å². The van der Waals surface area contributed by atoms with Gasteiger partial charge in [0.2, 0.25) is 11.9 Å². The molecule has 0 radical (unpaired) electrons. The topological polar surface area (TPSA) is 132 Å². The average molecular weight is 555 g/mol. The number of benzene rings is 1. The summed E-state index contributed by atoms with van der Waals surface area (Å²) < 4.78 is 5.42. The number of ether oxygens (including phenoxy) is 1. The van der Waals surface area contributed by atoms with Gasteiger partial charge in [0, 0.05) is 56.0 Å². The van der Waals surface area contributed by atoms with Crippen molar-refractivity contribution in [1.29, 1.82) is 5.26 Å². The van der Waals surface area contributed by atoms with E-state index in [1.807, 2.05) is 24.3 Å². The molecule has 0 spiro atoms. The number of aromatic nitrogens is 4. The molecule has 10 heteroatoms. The zero-order chi connectivity index (χ0) is 28.2. The molecule has 1 amide bonds. The third-order valence-corrected chi connectivity index (χ3v) is 8.64. The van der Waals surface area contributed by atoms with E-state index in [2.05, 4.69) is 42.9 Å². The molecule has 6 rings (SSSR count). The third kappa shape index (κ3) is 6.68. The normalized spacial score (nSPS) is 21.6. The molecule has 3 aliphatic carbocycles. The molecule has 2 heterocycles. The minimum absolute atomic E-state index is 0.133. The van der Waals surface area contributed by atoms with Gasteiger partial charge in [0.1, 0.15) is 5.82 Å². The Bertz CT molecular complexity index is 1400. The molecule has 1 aromatic carbocycles. The fourth-order valence-electron chi connectivity index (χ4n) is 6.33. The highest BCUT2D eigenvalue weighted by Crippen LogP contribution is 2.39. The molecule has 1 unspecified atom stereocenters. The van der Waals surface area contributed by atoms with Crippen LogP contribution < -0.4 is 15.5 Å². The van der Waals surface area contributed by atoms with Crippen LogP contribution in [0.25, 0.3) is 0 Å². The molecule has 10 nitrogen and oxygen atoms in total. The minimum Gasteiger partial charge on any atom is -0.383 e. The van der Waals surface area contributed by atoms with E-state index in [1.165, 1.54) is 29.7 Å². The molecule has 3 N–H and O–H groups in total. The van der Waals surface area contributed by atoms with Crippen LogP contribution in [0.5, 0.6) is 0 Å². The summed E-state index contributed by atoms with van der Waals surface area (Å²) in [5.74, 6) is 3.21. The summed E-state index contributed by atoms with van der Waals surface area (Å²) >= 11 is 0. The first-order valence-electron chi connectivity index (χ1n) is 14.8. The van der Waals surface area contributed by atoms with E-state index in [0.717, 1.165) is 44.3 Å². The summed E-state index contributed by atoms with van der Waals surface area (Å²) in [6, 6.07) is 12.5. The monoisotopic (exact) mass is 554 g/mol. The molecule has 2 aromatic heterocycles. The molecule has 0 bridgehead atoms. The zero-order valence-electron chi connectivity index (χ0n) is 23.6. The first-order valence-corrected chi connectivity index (χ1v) is 14.8. The number of aromatic amines is 1. The molecule has 1 atom stereocenters. The Morgan fingerprint density at radius 1 is 1.10 bits per heavy atom. The Morgan fingerprint density at radius 2 is 1.93 bits per heavy atom. The van der Waals surface area contributed by atoms with Crippen molar-refractivity contribution >= 4 is 23.5 Å². The fraction of sp³-hybridized carbons (Fsp3) is 0.516. The maximum Gasteiger partial charge on any atom is 0.227 e. The van der Waals surface area contributed by atoms with Gasteiger partial charge < -0.3 is 20.3 Å². The van der Waals surface area contributed by atoms with E-state index in [0.29, 0.717) is 48.7 Å². The van der Waals surface area contributed by atoms with Crippen molar-refractivity contribution in [3.05, 3.63) is 58.9 Å². The second-order valence-corrected chi connectivity index (χ2v) is 11.7. The lowest BCUT2D eigenvalue weighted by molar-refractivity contribution is -0.122. The van der Waals surface area contributed by atoms with Crippen LogP contribution in [0.1, 0.15) is 73.2 Å². The van der Waals surface area contributed by atoms with Crippen LogP contribution in [-0.2, 0) is 22.4 Å². The van der Waals surface area contributed by atoms with Gasteiger partial charge in [-0.05, 0) is 86.6 Å². The molecule has 0 saturated heterocycles. The highest BCUT2D eigenvalue weighted by molar-refractivity contribution is 5.76. The van der Waals surface area contributed by atoms with Crippen molar-refractivity contribution in [1.82, 2.24) is 25.5 Å². The van der Waals surface area contributed by atoms with Crippen molar-refractivity contribution in [3.63, 3.8) is 0 Å². The maximum absolute atomic E-state index is 12.9. The van der Waals surface area contributed by atoms with Gasteiger partial charge in [-0.1, -0.05) is 6.07 Å². The van der Waals surface area contributed by atoms with Gasteiger partial charge in [-0.25, -0.2) is 4.98 Å². The summed E-state index contributed by atoms with van der Waals surface area (Å²) in [5, 5.41) is 23.3. The predicted molar refractivity (Wildman–Crippen MR) is 156 cm³/mol. The van der Waals surface area contributed by atoms with Crippen molar-refractivity contribution in [2.24, 2.45) is 5.92 Å². The van der Waals surface area contributed by atoms with Crippen LogP contribution in [0, 0.1) is 17.2 Å². The lowest BCUT2D eigenvalue weighted by Crippen LogP contribution is -2.46. The Hall–Kier alpha value is -3.97. The van der Waals surface area contributed by atoms with E-state index >= 15 is 0 Å². The van der Waals surface area contributed by atoms with Gasteiger partial charge >= 0.3 is 0 Å². The first-order chi connectivity index (χ1) is 20.1. The lowest BCUT2D eigenvalue weighted by Gasteiger charge is -2.37. The minimum atomic E-state index is 0.133. The number of nitriles is 1. The Labute approximate surface area is 240 Å². The number of nitrogens with zero attached hydrogens (tertiary/aromatic N) is 5. The maximum atomic E-state index is 12.9. The van der Waals surface area contributed by atoms with Crippen molar-refractivity contribution in [3.8, 4) is 6.07 Å². The van der Waals surface area contributed by atoms with E-state index in [4.69, 9.17) is 9.72 Å². The van der Waals surface area contributed by atoms with Crippen LogP contribution >= 0.6 is 0 Å². The van der Waals surface area contributed by atoms with E-state index in [1.54, 1.807) is 13.3 Å². The number of methoxy groups -OCH3 is 1. The predicted octanol–water partition coefficient (Wildman–Crippen LogP) is 4.38. The van der Waals surface area contributed by atoms with Crippen LogP contribution in [0.15, 0.2) is 36.5 Å². The Morgan fingerprint density at radius 3 is 2.71 bits per heavy atom. The second kappa shape index (κ2) is 12.3. The number of carbonyl (C=O) groups is 1. The van der Waals surface area contributed by atoms with Gasteiger partial charge in [0.25, 0.3) is 0 Å². The van der Waals surface area contributed by atoms with Gasteiger partial charge in [-0.2, -0.15) is 15.3 Å². The van der Waals surface area contributed by atoms with Gasteiger partial charge in [-0.15, -0.1) is 0 Å². The number of anilines is 3. The average Bonchev–Trinajstić information content (AvgIpc) is 3.60. The van der Waals surface area contributed by atoms with Gasteiger partial charge in [-0.3, -0.25) is 9.89 Å². The molecule has 2 fully saturated rings. The lowest BCUT2D eigenvalue weighted by atomic mass is 9.89. The fourth-order valence-corrected chi connectivity index (χ4v) is 6.33. The first kappa shape index (κ1) is 27.2. The van der Waals surface area contributed by atoms with Gasteiger partial charge in [0.05, 0.1) is 18.2 Å². The molecular formula is C31H38N8O2. The smallest absolute Gasteiger partial charge is 0.227 e. The summed E-state index contributed by atoms with van der Waals surface area (Å²) in [6.07, 6.45) is 10.3. The summed E-state index contributed by atoms with van der Waals surface area (Å²) in [5.41, 5.74) is 4.35. The number of nitrogens with one attached hydrogen (secondary N) is 3. The van der Waals surface area contributed by atoms with Gasteiger partial charge in [0.15, 0.2) is 5.82 Å². The highest BCUT2D eigenvalue weighted by Gasteiger charge is 2.30. The Balaban J connectivity index is 1.02. The van der Waals surface area contributed by atoms with Crippen molar-refractivity contribution < 1.29 is 9.53 Å². The zero-order valence-corrected chi connectivity index (χ0v) is 23.6. The highest BCUT2D eigenvalue weighted by atomic mass is 16.5. The summed E-state index contributed by atoms with van der Waals surface area (Å²) in [7, 11) is 1.71. The number of rotatable bonds is 11. The van der Waals surface area contributed by atoms with E-state index in [9.17, 15) is 10.1 Å². The molecule has 41 heavy (non-hydrogen) atoms.